The van der Waals surface area contributed by atoms with Gasteiger partial charge in [0.05, 0.1) is 23.5 Å². The van der Waals surface area contributed by atoms with E-state index in [1.54, 1.807) is 23.2 Å². The molecular formula is C34H45F4N5O3. The predicted molar refractivity (Wildman–Crippen MR) is 167 cm³/mol. The Labute approximate surface area is 268 Å². The Balaban J connectivity index is 1.44. The smallest absolute Gasteiger partial charge is 0.407 e. The van der Waals surface area contributed by atoms with Gasteiger partial charge in [0, 0.05) is 43.8 Å². The number of carbonyl (C=O) groups is 2. The van der Waals surface area contributed by atoms with E-state index in [0.29, 0.717) is 25.1 Å². The molecule has 0 saturated carbocycles. The van der Waals surface area contributed by atoms with Crippen LogP contribution in [0.25, 0.3) is 0 Å². The number of pyridine rings is 1. The summed E-state index contributed by atoms with van der Waals surface area (Å²) in [6.45, 7) is 12.5. The van der Waals surface area contributed by atoms with Gasteiger partial charge in [-0.05, 0) is 67.5 Å². The summed E-state index contributed by atoms with van der Waals surface area (Å²) >= 11 is 0. The molecule has 0 spiro atoms. The third-order valence-corrected chi connectivity index (χ3v) is 10.4. The van der Waals surface area contributed by atoms with Crippen LogP contribution in [0.15, 0.2) is 36.5 Å². The standard InChI is InChI=1S/C34H45F4N5O3/c1-31(2,3)33(6)21-41(25(18-43(33)30(45)46)17-40-13-7-8-27(40)34(36,37)38)19-28(44)42-20-32(4,5)29-26(42)15-23(16-39-29)14-22-9-11-24(35)12-10-22/h9-12,15-16,25,27H,7-8,13-14,17-21H2,1-6H3,(H,45,46)/t25-,27-,33-/m0/s1. The van der Waals surface area contributed by atoms with E-state index in [1.165, 1.54) is 21.9 Å². The molecule has 2 amide bonds. The molecule has 1 N–H and O–H groups in total. The SMILES string of the molecule is CC1(C)CN(C(=O)CN2C[C@@](C)(C(C)(C)C)N(C(=O)O)C[C@@H]2CN2CCC[C@H]2C(F)(F)F)c2cc(Cc3ccc(F)cc3)cnc21. The Hall–Kier alpha value is -3.25. The van der Waals surface area contributed by atoms with Crippen LogP contribution >= 0.6 is 0 Å². The summed E-state index contributed by atoms with van der Waals surface area (Å²) in [6.07, 6.45) is -2.82. The largest absolute Gasteiger partial charge is 0.465 e. The van der Waals surface area contributed by atoms with Gasteiger partial charge in [-0.1, -0.05) is 46.8 Å². The van der Waals surface area contributed by atoms with E-state index in [9.17, 15) is 32.3 Å². The Morgan fingerprint density at radius 2 is 1.70 bits per heavy atom. The third-order valence-electron chi connectivity index (χ3n) is 10.4. The zero-order valence-electron chi connectivity index (χ0n) is 27.5. The van der Waals surface area contributed by atoms with Gasteiger partial charge in [-0.25, -0.2) is 9.18 Å². The first-order chi connectivity index (χ1) is 21.3. The van der Waals surface area contributed by atoms with Crippen molar-refractivity contribution in [1.82, 2.24) is 19.7 Å². The number of likely N-dealkylation sites (tertiary alicyclic amines) is 1. The monoisotopic (exact) mass is 647 g/mol. The molecule has 2 fully saturated rings. The molecule has 12 heteroatoms. The van der Waals surface area contributed by atoms with Crippen molar-refractivity contribution in [2.45, 2.75) is 90.0 Å². The predicted octanol–water partition coefficient (Wildman–Crippen LogP) is 5.93. The van der Waals surface area contributed by atoms with Crippen LogP contribution in [0.4, 0.5) is 28.0 Å². The minimum Gasteiger partial charge on any atom is -0.465 e. The van der Waals surface area contributed by atoms with Crippen molar-refractivity contribution in [1.29, 1.82) is 0 Å². The number of halogens is 4. The fraction of sp³-hybridized carbons (Fsp3) is 0.618. The van der Waals surface area contributed by atoms with Crippen molar-refractivity contribution < 1.29 is 32.3 Å². The Bertz CT molecular complexity index is 1460. The van der Waals surface area contributed by atoms with Gasteiger partial charge in [0.25, 0.3) is 0 Å². The molecule has 3 atom stereocenters. The summed E-state index contributed by atoms with van der Waals surface area (Å²) < 4.78 is 55.2. The lowest BCUT2D eigenvalue weighted by Crippen LogP contribution is -2.72. The first kappa shape index (κ1) is 34.1. The topological polar surface area (TPSA) is 80.2 Å². The van der Waals surface area contributed by atoms with Crippen LogP contribution in [0.1, 0.15) is 71.2 Å². The van der Waals surface area contributed by atoms with E-state index in [2.05, 4.69) is 0 Å². The third kappa shape index (κ3) is 6.60. The van der Waals surface area contributed by atoms with Crippen molar-refractivity contribution in [3.63, 3.8) is 0 Å². The number of rotatable bonds is 6. The fourth-order valence-corrected chi connectivity index (χ4v) is 7.31. The maximum atomic E-state index is 14.2. The molecule has 2 saturated heterocycles. The lowest BCUT2D eigenvalue weighted by Gasteiger charge is -2.57. The Morgan fingerprint density at radius 1 is 1.02 bits per heavy atom. The number of piperazine rings is 1. The summed E-state index contributed by atoms with van der Waals surface area (Å²) in [5.74, 6) is -0.538. The van der Waals surface area contributed by atoms with E-state index in [1.807, 2.05) is 52.5 Å². The number of alkyl halides is 3. The molecule has 1 aromatic carbocycles. The van der Waals surface area contributed by atoms with Crippen LogP contribution in [0, 0.1) is 11.2 Å². The molecular weight excluding hydrogens is 602 g/mol. The highest BCUT2D eigenvalue weighted by molar-refractivity contribution is 5.97. The maximum Gasteiger partial charge on any atom is 0.407 e. The van der Waals surface area contributed by atoms with Gasteiger partial charge in [0.1, 0.15) is 11.9 Å². The lowest BCUT2D eigenvalue weighted by atomic mass is 9.71. The number of nitrogens with zero attached hydrogens (tertiary/aromatic N) is 5. The number of aromatic nitrogens is 1. The molecule has 2 aromatic rings. The molecule has 0 bridgehead atoms. The molecule has 0 unspecified atom stereocenters. The number of fused-ring (bicyclic) bond motifs is 1. The summed E-state index contributed by atoms with van der Waals surface area (Å²) in [4.78, 5) is 37.9. The molecule has 252 valence electrons. The highest BCUT2D eigenvalue weighted by Crippen LogP contribution is 2.42. The van der Waals surface area contributed by atoms with Crippen LogP contribution in [0.3, 0.4) is 0 Å². The first-order valence-electron chi connectivity index (χ1n) is 15.9. The van der Waals surface area contributed by atoms with E-state index in [-0.39, 0.29) is 50.9 Å². The number of carbonyl (C=O) groups excluding carboxylic acids is 1. The summed E-state index contributed by atoms with van der Waals surface area (Å²) in [5, 5.41) is 10.3. The average molecular weight is 648 g/mol. The Kier molecular flexibility index (Phi) is 8.96. The number of anilines is 1. The molecule has 5 rings (SSSR count). The summed E-state index contributed by atoms with van der Waals surface area (Å²) in [5.41, 5.74) is 1.36. The molecule has 0 aliphatic carbocycles. The zero-order chi connectivity index (χ0) is 33.8. The maximum absolute atomic E-state index is 14.2. The number of benzene rings is 1. The summed E-state index contributed by atoms with van der Waals surface area (Å²) in [6, 6.07) is 5.97. The molecule has 46 heavy (non-hydrogen) atoms. The van der Waals surface area contributed by atoms with Gasteiger partial charge in [-0.15, -0.1) is 0 Å². The fourth-order valence-electron chi connectivity index (χ4n) is 7.31. The average Bonchev–Trinajstić information content (AvgIpc) is 3.52. The van der Waals surface area contributed by atoms with E-state index in [0.717, 1.165) is 16.8 Å². The first-order valence-corrected chi connectivity index (χ1v) is 15.9. The molecule has 0 radical (unpaired) electrons. The van der Waals surface area contributed by atoms with E-state index in [4.69, 9.17) is 4.98 Å². The summed E-state index contributed by atoms with van der Waals surface area (Å²) in [7, 11) is 0. The van der Waals surface area contributed by atoms with E-state index < -0.39 is 40.7 Å². The van der Waals surface area contributed by atoms with Crippen LogP contribution in [-0.2, 0) is 16.6 Å². The molecule has 8 nitrogen and oxygen atoms in total. The highest BCUT2D eigenvalue weighted by Gasteiger charge is 2.53. The van der Waals surface area contributed by atoms with Gasteiger partial charge in [0.2, 0.25) is 5.91 Å². The van der Waals surface area contributed by atoms with Crippen molar-refractivity contribution in [2.75, 3.05) is 44.2 Å². The van der Waals surface area contributed by atoms with Gasteiger partial charge < -0.3 is 10.0 Å². The molecule has 3 aliphatic heterocycles. The second kappa shape index (κ2) is 12.1. The number of carboxylic acid groups (broad SMARTS) is 1. The number of hydrogen-bond donors (Lipinski definition) is 1. The van der Waals surface area contributed by atoms with Crippen molar-refractivity contribution in [3.8, 4) is 0 Å². The second-order valence-corrected chi connectivity index (χ2v) is 15.0. The molecule has 4 heterocycles. The quantitative estimate of drug-likeness (QED) is 0.392. The van der Waals surface area contributed by atoms with Crippen LogP contribution in [0.2, 0.25) is 0 Å². The minimum atomic E-state index is -4.39. The van der Waals surface area contributed by atoms with Crippen molar-refractivity contribution in [3.05, 3.63) is 59.2 Å². The van der Waals surface area contributed by atoms with Crippen LogP contribution < -0.4 is 4.90 Å². The number of amides is 2. The van der Waals surface area contributed by atoms with Crippen molar-refractivity contribution in [2.24, 2.45) is 5.41 Å². The lowest BCUT2D eigenvalue weighted by molar-refractivity contribution is -0.179. The normalized spacial score (nSPS) is 25.6. The van der Waals surface area contributed by atoms with Gasteiger partial charge in [-0.3, -0.25) is 24.5 Å². The number of hydrogen-bond acceptors (Lipinski definition) is 5. The molecule has 3 aliphatic rings. The van der Waals surface area contributed by atoms with E-state index >= 15 is 0 Å². The second-order valence-electron chi connectivity index (χ2n) is 15.0. The van der Waals surface area contributed by atoms with Crippen LogP contribution in [-0.4, -0.2) is 99.9 Å². The van der Waals surface area contributed by atoms with Gasteiger partial charge >= 0.3 is 12.3 Å². The Morgan fingerprint density at radius 3 is 2.30 bits per heavy atom. The van der Waals surface area contributed by atoms with Crippen LogP contribution in [0.5, 0.6) is 0 Å². The highest BCUT2D eigenvalue weighted by atomic mass is 19.4. The van der Waals surface area contributed by atoms with Crippen molar-refractivity contribution >= 4 is 17.7 Å². The van der Waals surface area contributed by atoms with Gasteiger partial charge in [0.15, 0.2) is 0 Å². The minimum absolute atomic E-state index is 0.00437. The molecule has 1 aromatic heterocycles. The van der Waals surface area contributed by atoms with Gasteiger partial charge in [-0.2, -0.15) is 13.2 Å². The zero-order valence-corrected chi connectivity index (χ0v) is 27.5.